The maximum Gasteiger partial charge on any atom is 0.251 e. The molecule has 16 nitrogen and oxygen atoms in total. The van der Waals surface area contributed by atoms with E-state index >= 15 is 0 Å². The number of carbonyl (C=O) groups is 2. The zero-order chi connectivity index (χ0) is 53.4. The van der Waals surface area contributed by atoms with Crippen LogP contribution in [0.25, 0.3) is 0 Å². The van der Waals surface area contributed by atoms with Crippen LogP contribution in [0.2, 0.25) is 0 Å². The Kier molecular flexibility index (Phi) is 25.3. The molecule has 2 amide bonds. The lowest BCUT2D eigenvalue weighted by Crippen LogP contribution is -2.66. The maximum atomic E-state index is 14.1. The van der Waals surface area contributed by atoms with Gasteiger partial charge in [-0.15, -0.1) is 0 Å². The van der Waals surface area contributed by atoms with Crippen LogP contribution in [-0.2, 0) is 22.7 Å². The summed E-state index contributed by atoms with van der Waals surface area (Å²) in [5, 5.41) is 72.6. The molecule has 0 radical (unpaired) electrons. The van der Waals surface area contributed by atoms with Crippen LogP contribution in [-0.4, -0.2) is 128 Å². The van der Waals surface area contributed by atoms with Crippen molar-refractivity contribution in [3.05, 3.63) is 119 Å². The van der Waals surface area contributed by atoms with E-state index in [2.05, 4.69) is 24.5 Å². The molecule has 6 rings (SSSR count). The van der Waals surface area contributed by atoms with Gasteiger partial charge in [-0.3, -0.25) is 9.59 Å². The largest absolute Gasteiger partial charge is 0.493 e. The van der Waals surface area contributed by atoms with Crippen LogP contribution in [0, 0.1) is 0 Å². The Balaban J connectivity index is 1.14. The van der Waals surface area contributed by atoms with Crippen molar-refractivity contribution in [3.63, 3.8) is 0 Å². The van der Waals surface area contributed by atoms with Crippen molar-refractivity contribution in [2.24, 2.45) is 0 Å². The highest BCUT2D eigenvalue weighted by molar-refractivity contribution is 8.00. The first-order valence-electron chi connectivity index (χ1n) is 26.9. The summed E-state index contributed by atoms with van der Waals surface area (Å²) < 4.78 is 36.4. The average molecular weight is 1060 g/mol. The quantitative estimate of drug-likeness (QED) is 0.0220. The van der Waals surface area contributed by atoms with E-state index in [0.717, 1.165) is 61.4 Å². The minimum absolute atomic E-state index is 0.121. The van der Waals surface area contributed by atoms with E-state index in [-0.39, 0.29) is 24.3 Å². The molecule has 0 aliphatic carbocycles. The number of benzene rings is 4. The average Bonchev–Trinajstić information content (AvgIpc) is 3.43. The first-order valence-corrected chi connectivity index (χ1v) is 27.9. The third-order valence-corrected chi connectivity index (χ3v) is 14.8. The van der Waals surface area contributed by atoms with Crippen LogP contribution in [0.5, 0.6) is 23.0 Å². The number of hydrogen-bond acceptors (Lipinski definition) is 15. The van der Waals surface area contributed by atoms with E-state index in [9.17, 15) is 40.2 Å². The molecule has 8 N–H and O–H groups in total. The lowest BCUT2D eigenvalue weighted by molar-refractivity contribution is -0.175. The lowest BCUT2D eigenvalue weighted by atomic mass is 9.96. The van der Waals surface area contributed by atoms with Gasteiger partial charge >= 0.3 is 0 Å². The normalized spacial score (nSPS) is 23.5. The van der Waals surface area contributed by atoms with E-state index in [1.165, 1.54) is 63.5 Å². The number of rotatable bonds is 32. The number of carbonyl (C=O) groups excluding carboxylic acids is 2. The fourth-order valence-corrected chi connectivity index (χ4v) is 10.4. The molecule has 2 heterocycles. The Bertz CT molecular complexity index is 2120. The molecule has 2 saturated heterocycles. The summed E-state index contributed by atoms with van der Waals surface area (Å²) in [5.41, 5.74) is -0.664. The van der Waals surface area contributed by atoms with Gasteiger partial charge in [0.15, 0.2) is 0 Å². The molecule has 0 saturated carbocycles. The number of unbranched alkanes of at least 4 members (excludes halogenated alkanes) is 12. The monoisotopic (exact) mass is 1060 g/mol. The standard InChI is InChI=1S/C58H80N2O14S/c1-3-5-7-9-11-13-21-27-69-43-29-41(31-45(33-43)71-37-39-23-17-15-18-24-39)55(67)59-49-51(63)47(35-61)73-57(53(49)65)75-58-54(66)50(52(64)48(36-62)74-58)60-56(68)42-30-44(70-28-22-14-12-10-8-6-4-2)34-46(32-42)72-38-40-25-19-16-20-26-40/h15-20,23-26,29-34,47-54,57-58,61-66H,3-14,21-22,27-28,35-38H2,1-2H3,(H,59,67)(H,60,68)/t47-,48-,49+,50+,51+,52+,53-,54-,57?,58?/m1/s1. The van der Waals surface area contributed by atoms with Gasteiger partial charge in [0.25, 0.3) is 11.8 Å². The number of amides is 2. The molecule has 4 aromatic carbocycles. The van der Waals surface area contributed by atoms with Gasteiger partial charge in [-0.05, 0) is 48.2 Å². The number of nitrogens with one attached hydrogen (secondary N) is 2. The maximum absolute atomic E-state index is 14.1. The molecule has 2 unspecified atom stereocenters. The molecule has 4 aromatic rings. The van der Waals surface area contributed by atoms with Crippen molar-refractivity contribution < 1.29 is 68.6 Å². The zero-order valence-corrected chi connectivity index (χ0v) is 44.3. The predicted molar refractivity (Wildman–Crippen MR) is 287 cm³/mol. The fraction of sp³-hybridized carbons (Fsp3) is 0.552. The third kappa shape index (κ3) is 18.6. The Labute approximate surface area is 446 Å². The van der Waals surface area contributed by atoms with Crippen molar-refractivity contribution in [2.75, 3.05) is 26.4 Å². The van der Waals surface area contributed by atoms with Gasteiger partial charge in [0, 0.05) is 23.3 Å². The number of aliphatic hydroxyl groups excluding tert-OH is 6. The van der Waals surface area contributed by atoms with Crippen molar-refractivity contribution in [1.29, 1.82) is 0 Å². The molecule has 75 heavy (non-hydrogen) atoms. The molecule has 0 spiro atoms. The molecule has 2 aliphatic rings. The highest BCUT2D eigenvalue weighted by Gasteiger charge is 2.51. The molecule has 412 valence electrons. The van der Waals surface area contributed by atoms with Crippen LogP contribution in [0.4, 0.5) is 0 Å². The van der Waals surface area contributed by atoms with Gasteiger partial charge in [0.2, 0.25) is 0 Å². The van der Waals surface area contributed by atoms with E-state index < -0.39 is 84.6 Å². The summed E-state index contributed by atoms with van der Waals surface area (Å²) >= 11 is 0.737. The van der Waals surface area contributed by atoms with Crippen LogP contribution in [0.3, 0.4) is 0 Å². The summed E-state index contributed by atoms with van der Waals surface area (Å²) in [6.07, 6.45) is 6.25. The van der Waals surface area contributed by atoms with Gasteiger partial charge in [-0.25, -0.2) is 0 Å². The number of thioether (sulfide) groups is 1. The number of aliphatic hydroxyl groups is 6. The highest BCUT2D eigenvalue weighted by atomic mass is 32.2. The predicted octanol–water partition coefficient (Wildman–Crippen LogP) is 7.61. The van der Waals surface area contributed by atoms with E-state index in [4.69, 9.17) is 28.4 Å². The number of hydrogen-bond donors (Lipinski definition) is 8. The molecule has 0 aromatic heterocycles. The van der Waals surface area contributed by atoms with Gasteiger partial charge in [0.05, 0.1) is 38.5 Å². The summed E-state index contributed by atoms with van der Waals surface area (Å²) in [6, 6.07) is 25.8. The Morgan fingerprint density at radius 3 is 1.19 bits per heavy atom. The first kappa shape index (κ1) is 59.3. The van der Waals surface area contributed by atoms with Gasteiger partial charge in [0.1, 0.15) is 83.7 Å². The minimum Gasteiger partial charge on any atom is -0.493 e. The smallest absolute Gasteiger partial charge is 0.251 e. The van der Waals surface area contributed by atoms with Crippen molar-refractivity contribution in [1.82, 2.24) is 10.6 Å². The number of ether oxygens (including phenoxy) is 6. The highest BCUT2D eigenvalue weighted by Crippen LogP contribution is 2.37. The second kappa shape index (κ2) is 31.9. The van der Waals surface area contributed by atoms with Crippen LogP contribution in [0.15, 0.2) is 97.1 Å². The lowest BCUT2D eigenvalue weighted by Gasteiger charge is -2.46. The summed E-state index contributed by atoms with van der Waals surface area (Å²) in [5.74, 6) is 0.138. The minimum atomic E-state index is -1.66. The topological polar surface area (TPSA) is 235 Å². The Hall–Kier alpha value is -4.95. The van der Waals surface area contributed by atoms with Gasteiger partial charge < -0.3 is 69.7 Å². The second-order valence-electron chi connectivity index (χ2n) is 19.4. The van der Waals surface area contributed by atoms with Crippen molar-refractivity contribution in [3.8, 4) is 23.0 Å². The molecule has 2 aliphatic heterocycles. The van der Waals surface area contributed by atoms with Gasteiger partial charge in [-0.1, -0.05) is 163 Å². The molecule has 2 fully saturated rings. The van der Waals surface area contributed by atoms with E-state index in [1.807, 2.05) is 60.7 Å². The summed E-state index contributed by atoms with van der Waals surface area (Å²) in [7, 11) is 0. The van der Waals surface area contributed by atoms with Crippen molar-refractivity contribution >= 4 is 23.6 Å². The third-order valence-electron chi connectivity index (χ3n) is 13.4. The van der Waals surface area contributed by atoms with Crippen LogP contribution >= 0.6 is 11.8 Å². The Morgan fingerprint density at radius 1 is 0.480 bits per heavy atom. The fourth-order valence-electron chi connectivity index (χ4n) is 9.06. The molecule has 0 bridgehead atoms. The van der Waals surface area contributed by atoms with Gasteiger partial charge in [-0.2, -0.15) is 0 Å². The molecular formula is C58H80N2O14S. The summed E-state index contributed by atoms with van der Waals surface area (Å²) in [6.45, 7) is 4.24. The van der Waals surface area contributed by atoms with Crippen LogP contribution < -0.4 is 29.6 Å². The second-order valence-corrected chi connectivity index (χ2v) is 20.6. The summed E-state index contributed by atoms with van der Waals surface area (Å²) in [4.78, 5) is 28.3. The van der Waals surface area contributed by atoms with E-state index in [0.29, 0.717) is 36.2 Å². The zero-order valence-electron chi connectivity index (χ0n) is 43.5. The molecular weight excluding hydrogens is 981 g/mol. The molecule has 17 heteroatoms. The van der Waals surface area contributed by atoms with Crippen LogP contribution in [0.1, 0.15) is 136 Å². The first-order chi connectivity index (χ1) is 36.5. The SMILES string of the molecule is CCCCCCCCCOc1cc(OCc2ccccc2)cc(C(=O)N[C@H]2[C@@H](O)[C@@H](CO)OC(SC3O[C@H](CO)[C@H](O)[C@H](NC(=O)c4cc(OCCCCCCCCC)cc(OCc5ccccc5)c4)[C@H]3O)[C@@H]2O)c1. The van der Waals surface area contributed by atoms with Crippen molar-refractivity contribution in [2.45, 2.75) is 177 Å². The molecule has 10 atom stereocenters. The Morgan fingerprint density at radius 2 is 0.827 bits per heavy atom. The van der Waals surface area contributed by atoms with E-state index in [1.54, 1.807) is 24.3 Å².